The fraction of sp³-hybridized carbons (Fsp3) is 0.300. The number of aromatic nitrogens is 2. The average Bonchev–Trinajstić information content (AvgIpc) is 2.16. The smallest absolute Gasteiger partial charge is 0.323 e. The minimum Gasteiger partial charge on any atom is -0.480 e. The first-order valence-electron chi connectivity index (χ1n) is 4.50. The molecular formula is C10H13N3O2. The fourth-order valence-corrected chi connectivity index (χ4v) is 1.18. The number of carbonyl (C=O) groups is 1. The van der Waals surface area contributed by atoms with E-state index in [1.165, 1.54) is 0 Å². The zero-order valence-corrected chi connectivity index (χ0v) is 8.55. The van der Waals surface area contributed by atoms with Gasteiger partial charge in [0.25, 0.3) is 0 Å². The van der Waals surface area contributed by atoms with Gasteiger partial charge in [0, 0.05) is 12.7 Å². The molecule has 0 aliphatic rings. The SMILES string of the molecule is C=CCN(CC(=O)O)c1ccnc(C)n1. The predicted molar refractivity (Wildman–Crippen MR) is 56.8 cm³/mol. The largest absolute Gasteiger partial charge is 0.480 e. The number of carboxylic acids is 1. The molecule has 0 aliphatic heterocycles. The summed E-state index contributed by atoms with van der Waals surface area (Å²) in [6, 6.07) is 1.68. The first-order chi connectivity index (χ1) is 7.13. The van der Waals surface area contributed by atoms with E-state index in [1.54, 1.807) is 30.2 Å². The molecule has 15 heavy (non-hydrogen) atoms. The third kappa shape index (κ3) is 3.38. The van der Waals surface area contributed by atoms with E-state index in [4.69, 9.17) is 5.11 Å². The minimum atomic E-state index is -0.895. The monoisotopic (exact) mass is 207 g/mol. The van der Waals surface area contributed by atoms with Gasteiger partial charge >= 0.3 is 5.97 Å². The Balaban J connectivity index is 2.87. The second-order valence-corrected chi connectivity index (χ2v) is 3.02. The van der Waals surface area contributed by atoms with E-state index in [1.807, 2.05) is 0 Å². The second kappa shape index (κ2) is 5.09. The maximum absolute atomic E-state index is 10.6. The molecule has 0 fully saturated rings. The van der Waals surface area contributed by atoms with Crippen molar-refractivity contribution in [3.05, 3.63) is 30.7 Å². The van der Waals surface area contributed by atoms with Gasteiger partial charge in [0.1, 0.15) is 18.2 Å². The van der Waals surface area contributed by atoms with Gasteiger partial charge in [-0.05, 0) is 13.0 Å². The number of anilines is 1. The lowest BCUT2D eigenvalue weighted by atomic mass is 10.4. The Bertz CT molecular complexity index is 365. The molecule has 80 valence electrons. The third-order valence-electron chi connectivity index (χ3n) is 1.76. The topological polar surface area (TPSA) is 66.3 Å². The number of aryl methyl sites for hydroxylation is 1. The number of aliphatic carboxylic acids is 1. The standard InChI is InChI=1S/C10H13N3O2/c1-3-6-13(7-10(14)15)9-4-5-11-8(2)12-9/h3-5H,1,6-7H2,2H3,(H,14,15). The van der Waals surface area contributed by atoms with Gasteiger partial charge in [-0.25, -0.2) is 9.97 Å². The number of carboxylic acid groups (broad SMARTS) is 1. The molecule has 0 atom stereocenters. The van der Waals surface area contributed by atoms with E-state index in [-0.39, 0.29) is 6.54 Å². The van der Waals surface area contributed by atoms with Crippen molar-refractivity contribution in [1.29, 1.82) is 0 Å². The maximum atomic E-state index is 10.6. The number of hydrogen-bond donors (Lipinski definition) is 1. The normalized spacial score (nSPS) is 9.67. The van der Waals surface area contributed by atoms with Gasteiger partial charge < -0.3 is 10.0 Å². The molecule has 0 aromatic carbocycles. The van der Waals surface area contributed by atoms with Crippen LogP contribution in [-0.4, -0.2) is 34.1 Å². The van der Waals surface area contributed by atoms with Crippen LogP contribution in [-0.2, 0) is 4.79 Å². The molecule has 0 spiro atoms. The van der Waals surface area contributed by atoms with E-state index in [0.29, 0.717) is 18.2 Å². The quantitative estimate of drug-likeness (QED) is 0.725. The van der Waals surface area contributed by atoms with Crippen LogP contribution >= 0.6 is 0 Å². The molecule has 0 bridgehead atoms. The van der Waals surface area contributed by atoms with Crippen LogP contribution in [0.5, 0.6) is 0 Å². The third-order valence-corrected chi connectivity index (χ3v) is 1.76. The van der Waals surface area contributed by atoms with Crippen LogP contribution in [0.3, 0.4) is 0 Å². The Morgan fingerprint density at radius 2 is 2.47 bits per heavy atom. The highest BCUT2D eigenvalue weighted by atomic mass is 16.4. The first-order valence-corrected chi connectivity index (χ1v) is 4.50. The van der Waals surface area contributed by atoms with Crippen molar-refractivity contribution in [2.24, 2.45) is 0 Å². The van der Waals surface area contributed by atoms with Gasteiger partial charge in [-0.15, -0.1) is 6.58 Å². The van der Waals surface area contributed by atoms with Crippen molar-refractivity contribution in [1.82, 2.24) is 9.97 Å². The number of rotatable bonds is 5. The molecule has 0 saturated heterocycles. The summed E-state index contributed by atoms with van der Waals surface area (Å²) in [7, 11) is 0. The van der Waals surface area contributed by atoms with Crippen molar-refractivity contribution in [3.8, 4) is 0 Å². The van der Waals surface area contributed by atoms with Crippen LogP contribution < -0.4 is 4.90 Å². The molecule has 1 heterocycles. The summed E-state index contributed by atoms with van der Waals surface area (Å²) >= 11 is 0. The Kier molecular flexibility index (Phi) is 3.79. The summed E-state index contributed by atoms with van der Waals surface area (Å²) in [5.41, 5.74) is 0. The van der Waals surface area contributed by atoms with Crippen molar-refractivity contribution >= 4 is 11.8 Å². The van der Waals surface area contributed by atoms with Gasteiger partial charge in [0.2, 0.25) is 0 Å². The first kappa shape index (κ1) is 11.2. The molecule has 0 unspecified atom stereocenters. The summed E-state index contributed by atoms with van der Waals surface area (Å²) in [4.78, 5) is 20.3. The summed E-state index contributed by atoms with van der Waals surface area (Å²) < 4.78 is 0. The van der Waals surface area contributed by atoms with Crippen LogP contribution in [0.15, 0.2) is 24.9 Å². The van der Waals surface area contributed by atoms with Gasteiger partial charge in [-0.2, -0.15) is 0 Å². The molecule has 5 heteroatoms. The molecule has 0 radical (unpaired) electrons. The van der Waals surface area contributed by atoms with E-state index >= 15 is 0 Å². The molecule has 1 rings (SSSR count). The Hall–Kier alpha value is -1.91. The van der Waals surface area contributed by atoms with E-state index in [2.05, 4.69) is 16.5 Å². The minimum absolute atomic E-state index is 0.0948. The molecule has 0 saturated carbocycles. The second-order valence-electron chi connectivity index (χ2n) is 3.02. The lowest BCUT2D eigenvalue weighted by Crippen LogP contribution is -2.30. The predicted octanol–water partition coefficient (Wildman–Crippen LogP) is 0.862. The lowest BCUT2D eigenvalue weighted by Gasteiger charge is -2.19. The van der Waals surface area contributed by atoms with Crippen molar-refractivity contribution in [3.63, 3.8) is 0 Å². The molecular weight excluding hydrogens is 194 g/mol. The Labute approximate surface area is 88.1 Å². The molecule has 1 aromatic heterocycles. The molecule has 1 aromatic rings. The highest BCUT2D eigenvalue weighted by molar-refractivity contribution is 5.73. The summed E-state index contributed by atoms with van der Waals surface area (Å²) in [6.45, 7) is 5.69. The van der Waals surface area contributed by atoms with Gasteiger partial charge in [-0.1, -0.05) is 6.08 Å². The molecule has 5 nitrogen and oxygen atoms in total. The van der Waals surface area contributed by atoms with E-state index in [9.17, 15) is 4.79 Å². The highest BCUT2D eigenvalue weighted by Gasteiger charge is 2.10. The van der Waals surface area contributed by atoms with Crippen molar-refractivity contribution < 1.29 is 9.90 Å². The van der Waals surface area contributed by atoms with Crippen molar-refractivity contribution in [2.75, 3.05) is 18.0 Å². The van der Waals surface area contributed by atoms with Gasteiger partial charge in [0.05, 0.1) is 0 Å². The van der Waals surface area contributed by atoms with Crippen LogP contribution in [0.1, 0.15) is 5.82 Å². The Morgan fingerprint density at radius 3 is 3.00 bits per heavy atom. The lowest BCUT2D eigenvalue weighted by molar-refractivity contribution is -0.135. The summed E-state index contributed by atoms with van der Waals surface area (Å²) in [5.74, 6) is 0.324. The van der Waals surface area contributed by atoms with E-state index < -0.39 is 5.97 Å². The zero-order chi connectivity index (χ0) is 11.3. The number of nitrogens with zero attached hydrogens (tertiary/aromatic N) is 3. The van der Waals surface area contributed by atoms with Crippen LogP contribution in [0, 0.1) is 6.92 Å². The highest BCUT2D eigenvalue weighted by Crippen LogP contribution is 2.09. The van der Waals surface area contributed by atoms with Gasteiger partial charge in [0.15, 0.2) is 0 Å². The van der Waals surface area contributed by atoms with Crippen LogP contribution in [0.4, 0.5) is 5.82 Å². The van der Waals surface area contributed by atoms with Crippen LogP contribution in [0.25, 0.3) is 0 Å². The van der Waals surface area contributed by atoms with E-state index in [0.717, 1.165) is 0 Å². The summed E-state index contributed by atoms with van der Waals surface area (Å²) in [6.07, 6.45) is 3.25. The molecule has 1 N–H and O–H groups in total. The average molecular weight is 207 g/mol. The van der Waals surface area contributed by atoms with Gasteiger partial charge in [-0.3, -0.25) is 4.79 Å². The number of hydrogen-bond acceptors (Lipinski definition) is 4. The maximum Gasteiger partial charge on any atom is 0.323 e. The fourth-order valence-electron chi connectivity index (χ4n) is 1.18. The summed E-state index contributed by atoms with van der Waals surface area (Å²) in [5, 5.41) is 8.72. The molecule has 0 aliphatic carbocycles. The Morgan fingerprint density at radius 1 is 1.73 bits per heavy atom. The zero-order valence-electron chi connectivity index (χ0n) is 8.55. The van der Waals surface area contributed by atoms with Crippen molar-refractivity contribution in [2.45, 2.75) is 6.92 Å². The van der Waals surface area contributed by atoms with Crippen LogP contribution in [0.2, 0.25) is 0 Å². The molecule has 0 amide bonds.